The summed E-state index contributed by atoms with van der Waals surface area (Å²) < 4.78 is 5.80. The fourth-order valence-corrected chi connectivity index (χ4v) is 3.34. The van der Waals surface area contributed by atoms with Gasteiger partial charge >= 0.3 is 0 Å². The van der Waals surface area contributed by atoms with E-state index in [0.29, 0.717) is 12.6 Å². The number of anilines is 1. The molecule has 6 nitrogen and oxygen atoms in total. The average Bonchev–Trinajstić information content (AvgIpc) is 2.63. The van der Waals surface area contributed by atoms with Crippen LogP contribution in [0.1, 0.15) is 53.0 Å². The number of morpholine rings is 1. The third kappa shape index (κ3) is 7.37. The van der Waals surface area contributed by atoms with Crippen molar-refractivity contribution in [1.29, 1.82) is 0 Å². The Hall–Kier alpha value is -1.82. The second kappa shape index (κ2) is 10.5. The summed E-state index contributed by atoms with van der Waals surface area (Å²) in [7, 11) is 1.81. The van der Waals surface area contributed by atoms with Gasteiger partial charge in [-0.2, -0.15) is 0 Å². The van der Waals surface area contributed by atoms with Crippen molar-refractivity contribution in [2.45, 2.75) is 72.3 Å². The van der Waals surface area contributed by atoms with E-state index < -0.39 is 0 Å². The predicted molar refractivity (Wildman–Crippen MR) is 113 cm³/mol. The normalized spacial score (nSPS) is 22.0. The largest absolute Gasteiger partial charge is 0.372 e. The molecule has 0 aliphatic carbocycles. The molecule has 1 aromatic rings. The first-order chi connectivity index (χ1) is 12.9. The first kappa shape index (κ1) is 21.5. The van der Waals surface area contributed by atoms with Crippen LogP contribution in [-0.2, 0) is 11.3 Å². The first-order valence-electron chi connectivity index (χ1n) is 10.2. The molecule has 1 saturated heterocycles. The number of hydrogen-bond acceptors (Lipinski definition) is 4. The molecule has 1 fully saturated rings. The maximum atomic E-state index is 5.80. The summed E-state index contributed by atoms with van der Waals surface area (Å²) in [5.74, 6) is 2.59. The number of nitrogens with zero attached hydrogens (tertiary/aromatic N) is 3. The second-order valence-corrected chi connectivity index (χ2v) is 8.13. The summed E-state index contributed by atoms with van der Waals surface area (Å²) in [4.78, 5) is 11.3. The van der Waals surface area contributed by atoms with Crippen LogP contribution in [0.5, 0.6) is 0 Å². The SMILES string of the molecule is CN=C(NCc1ccc(N2CC(C)OC(C)C2)nc1)NC(C)CCC(C)C. The van der Waals surface area contributed by atoms with Crippen molar-refractivity contribution in [2.75, 3.05) is 25.0 Å². The number of guanidine groups is 1. The van der Waals surface area contributed by atoms with E-state index >= 15 is 0 Å². The number of nitrogens with one attached hydrogen (secondary N) is 2. The number of aliphatic imine (C=N–C) groups is 1. The molecule has 152 valence electrons. The minimum Gasteiger partial charge on any atom is -0.372 e. The van der Waals surface area contributed by atoms with Crippen LogP contribution >= 0.6 is 0 Å². The molecule has 0 spiro atoms. The van der Waals surface area contributed by atoms with E-state index in [-0.39, 0.29) is 12.2 Å². The highest BCUT2D eigenvalue weighted by Gasteiger charge is 2.22. The fraction of sp³-hybridized carbons (Fsp3) is 0.714. The Morgan fingerprint density at radius 3 is 2.48 bits per heavy atom. The molecule has 3 unspecified atom stereocenters. The highest BCUT2D eigenvalue weighted by atomic mass is 16.5. The van der Waals surface area contributed by atoms with E-state index in [1.807, 2.05) is 13.2 Å². The molecule has 0 aromatic carbocycles. The smallest absolute Gasteiger partial charge is 0.191 e. The van der Waals surface area contributed by atoms with Crippen molar-refractivity contribution >= 4 is 11.8 Å². The Balaban J connectivity index is 1.83. The van der Waals surface area contributed by atoms with Gasteiger partial charge in [-0.15, -0.1) is 0 Å². The van der Waals surface area contributed by atoms with Crippen LogP contribution in [0.15, 0.2) is 23.3 Å². The maximum absolute atomic E-state index is 5.80. The van der Waals surface area contributed by atoms with E-state index in [2.05, 4.69) is 72.3 Å². The van der Waals surface area contributed by atoms with Gasteiger partial charge in [0.2, 0.25) is 0 Å². The summed E-state index contributed by atoms with van der Waals surface area (Å²) in [5.41, 5.74) is 1.14. The van der Waals surface area contributed by atoms with E-state index in [1.54, 1.807) is 0 Å². The number of pyridine rings is 1. The molecule has 1 aliphatic heterocycles. The van der Waals surface area contributed by atoms with Crippen LogP contribution < -0.4 is 15.5 Å². The van der Waals surface area contributed by atoms with E-state index in [4.69, 9.17) is 4.74 Å². The second-order valence-electron chi connectivity index (χ2n) is 8.13. The van der Waals surface area contributed by atoms with E-state index in [1.165, 1.54) is 6.42 Å². The van der Waals surface area contributed by atoms with Gasteiger partial charge in [-0.25, -0.2) is 4.98 Å². The summed E-state index contributed by atoms with van der Waals surface area (Å²) in [6.07, 6.45) is 4.79. The molecule has 1 aromatic heterocycles. The van der Waals surface area contributed by atoms with Gasteiger partial charge in [0.15, 0.2) is 5.96 Å². The third-order valence-electron chi connectivity index (χ3n) is 4.80. The fourth-order valence-electron chi connectivity index (χ4n) is 3.34. The van der Waals surface area contributed by atoms with Crippen molar-refractivity contribution < 1.29 is 4.74 Å². The molecule has 0 amide bonds. The van der Waals surface area contributed by atoms with Gasteiger partial charge in [-0.1, -0.05) is 19.9 Å². The Labute approximate surface area is 164 Å². The molecule has 27 heavy (non-hydrogen) atoms. The van der Waals surface area contributed by atoms with Gasteiger partial charge in [0, 0.05) is 38.9 Å². The molecule has 1 aliphatic rings. The zero-order valence-corrected chi connectivity index (χ0v) is 17.8. The lowest BCUT2D eigenvalue weighted by atomic mass is 10.0. The minimum atomic E-state index is 0.240. The molecule has 2 N–H and O–H groups in total. The van der Waals surface area contributed by atoms with Crippen LogP contribution in [0.3, 0.4) is 0 Å². The Morgan fingerprint density at radius 2 is 1.93 bits per heavy atom. The molecule has 3 atom stereocenters. The van der Waals surface area contributed by atoms with Gasteiger partial charge in [0.05, 0.1) is 12.2 Å². The molecule has 0 radical (unpaired) electrons. The van der Waals surface area contributed by atoms with Gasteiger partial charge in [0.25, 0.3) is 0 Å². The van der Waals surface area contributed by atoms with Crippen molar-refractivity contribution in [3.63, 3.8) is 0 Å². The molecular weight excluding hydrogens is 338 g/mol. The van der Waals surface area contributed by atoms with Crippen molar-refractivity contribution in [3.05, 3.63) is 23.9 Å². The Bertz CT molecular complexity index is 577. The van der Waals surface area contributed by atoms with Crippen LogP contribution in [0, 0.1) is 5.92 Å². The summed E-state index contributed by atoms with van der Waals surface area (Å²) in [6.45, 7) is 13.4. The molecule has 2 heterocycles. The molecule has 2 rings (SSSR count). The lowest BCUT2D eigenvalue weighted by molar-refractivity contribution is -0.00545. The van der Waals surface area contributed by atoms with Crippen LogP contribution in [0.2, 0.25) is 0 Å². The lowest BCUT2D eigenvalue weighted by Gasteiger charge is -2.36. The quantitative estimate of drug-likeness (QED) is 0.566. The van der Waals surface area contributed by atoms with Crippen molar-refractivity contribution in [3.8, 4) is 0 Å². The zero-order chi connectivity index (χ0) is 19.8. The number of rotatable bonds is 7. The first-order valence-corrected chi connectivity index (χ1v) is 10.2. The predicted octanol–water partition coefficient (Wildman–Crippen LogP) is 3.18. The lowest BCUT2D eigenvalue weighted by Crippen LogP contribution is -2.45. The van der Waals surface area contributed by atoms with Crippen LogP contribution in [-0.4, -0.2) is 49.3 Å². The molecular formula is C21H37N5O. The van der Waals surface area contributed by atoms with E-state index in [0.717, 1.165) is 42.8 Å². The van der Waals surface area contributed by atoms with Gasteiger partial charge in [0.1, 0.15) is 5.82 Å². The summed E-state index contributed by atoms with van der Waals surface area (Å²) >= 11 is 0. The third-order valence-corrected chi connectivity index (χ3v) is 4.80. The van der Waals surface area contributed by atoms with Gasteiger partial charge in [-0.05, 0) is 51.2 Å². The topological polar surface area (TPSA) is 61.8 Å². The zero-order valence-electron chi connectivity index (χ0n) is 17.8. The Kier molecular flexibility index (Phi) is 8.35. The average molecular weight is 376 g/mol. The van der Waals surface area contributed by atoms with Gasteiger partial charge < -0.3 is 20.3 Å². The van der Waals surface area contributed by atoms with Gasteiger partial charge in [-0.3, -0.25) is 4.99 Å². The van der Waals surface area contributed by atoms with Crippen molar-refractivity contribution in [1.82, 2.24) is 15.6 Å². The minimum absolute atomic E-state index is 0.240. The maximum Gasteiger partial charge on any atom is 0.191 e. The highest BCUT2D eigenvalue weighted by molar-refractivity contribution is 5.79. The summed E-state index contributed by atoms with van der Waals surface area (Å²) in [6, 6.07) is 4.64. The standard InChI is InChI=1S/C21H37N5O/c1-15(2)7-8-16(3)25-21(22-6)24-12-19-9-10-20(23-11-19)26-13-17(4)27-18(5)14-26/h9-11,15-18H,7-8,12-14H2,1-6H3,(H2,22,24,25). The molecule has 0 saturated carbocycles. The number of hydrogen-bond donors (Lipinski definition) is 2. The number of aromatic nitrogens is 1. The highest BCUT2D eigenvalue weighted by Crippen LogP contribution is 2.18. The van der Waals surface area contributed by atoms with Crippen LogP contribution in [0.4, 0.5) is 5.82 Å². The van der Waals surface area contributed by atoms with Crippen LogP contribution in [0.25, 0.3) is 0 Å². The number of ether oxygens (including phenoxy) is 1. The van der Waals surface area contributed by atoms with E-state index in [9.17, 15) is 0 Å². The van der Waals surface area contributed by atoms with Crippen molar-refractivity contribution in [2.24, 2.45) is 10.9 Å². The monoisotopic (exact) mass is 375 g/mol. The molecule has 0 bridgehead atoms. The molecule has 6 heteroatoms. The Morgan fingerprint density at radius 1 is 1.22 bits per heavy atom. The summed E-state index contributed by atoms with van der Waals surface area (Å²) in [5, 5.41) is 6.84.